The highest BCUT2D eigenvalue weighted by Crippen LogP contribution is 2.23. The van der Waals surface area contributed by atoms with Crippen LogP contribution in [0.2, 0.25) is 0 Å². The second-order valence-electron chi connectivity index (χ2n) is 2.08. The van der Waals surface area contributed by atoms with E-state index in [-0.39, 0.29) is 0 Å². The van der Waals surface area contributed by atoms with Crippen molar-refractivity contribution in [1.82, 2.24) is 9.97 Å². The molecule has 4 nitrogen and oxygen atoms in total. The van der Waals surface area contributed by atoms with Gasteiger partial charge in [0.15, 0.2) is 5.82 Å². The SMILES string of the molecule is Nc1ncnc2c1CC=N2. The predicted molar refractivity (Wildman–Crippen MR) is 38.3 cm³/mol. The van der Waals surface area contributed by atoms with Crippen molar-refractivity contribution in [3.63, 3.8) is 0 Å². The Morgan fingerprint density at radius 2 is 2.30 bits per heavy atom. The molecule has 0 bridgehead atoms. The van der Waals surface area contributed by atoms with Gasteiger partial charge < -0.3 is 5.73 Å². The molecule has 0 atom stereocenters. The van der Waals surface area contributed by atoms with Crippen molar-refractivity contribution < 1.29 is 0 Å². The Hall–Kier alpha value is -1.45. The summed E-state index contributed by atoms with van der Waals surface area (Å²) in [5.74, 6) is 1.26. The van der Waals surface area contributed by atoms with Crippen molar-refractivity contribution >= 4 is 17.9 Å². The minimum atomic E-state index is 0.544. The molecule has 0 radical (unpaired) electrons. The lowest BCUT2D eigenvalue weighted by atomic mass is 10.2. The molecule has 0 amide bonds. The first kappa shape index (κ1) is 5.34. The van der Waals surface area contributed by atoms with Gasteiger partial charge in [-0.15, -0.1) is 0 Å². The van der Waals surface area contributed by atoms with Gasteiger partial charge in [0.25, 0.3) is 0 Å². The second kappa shape index (κ2) is 1.76. The topological polar surface area (TPSA) is 64.2 Å². The number of nitrogens with zero attached hydrogens (tertiary/aromatic N) is 3. The van der Waals surface area contributed by atoms with E-state index in [1.165, 1.54) is 6.33 Å². The summed E-state index contributed by atoms with van der Waals surface area (Å²) < 4.78 is 0. The van der Waals surface area contributed by atoms with Gasteiger partial charge >= 0.3 is 0 Å². The van der Waals surface area contributed by atoms with Crippen LogP contribution in [0.5, 0.6) is 0 Å². The van der Waals surface area contributed by atoms with Crippen LogP contribution in [-0.2, 0) is 6.42 Å². The predicted octanol–water partition coefficient (Wildman–Crippen LogP) is 0.317. The standard InChI is InChI=1S/C6H6N4/c7-5-4-1-2-8-6(4)10-3-9-5/h2-3H,1H2,(H2,7,9,10). The molecule has 0 saturated heterocycles. The Labute approximate surface area is 57.8 Å². The van der Waals surface area contributed by atoms with Crippen LogP contribution in [0, 0.1) is 0 Å². The third-order valence-corrected chi connectivity index (χ3v) is 1.46. The number of hydrogen-bond donors (Lipinski definition) is 1. The Morgan fingerprint density at radius 1 is 1.40 bits per heavy atom. The van der Waals surface area contributed by atoms with Gasteiger partial charge in [-0.25, -0.2) is 15.0 Å². The molecule has 2 heterocycles. The van der Waals surface area contributed by atoms with Crippen molar-refractivity contribution in [3.8, 4) is 0 Å². The van der Waals surface area contributed by atoms with E-state index in [4.69, 9.17) is 5.73 Å². The normalized spacial score (nSPS) is 13.6. The molecule has 0 saturated carbocycles. The van der Waals surface area contributed by atoms with Gasteiger partial charge in [-0.2, -0.15) is 0 Å². The molecule has 0 unspecified atom stereocenters. The molecule has 1 aliphatic rings. The molecule has 50 valence electrons. The highest BCUT2D eigenvalue weighted by molar-refractivity contribution is 5.76. The van der Waals surface area contributed by atoms with Crippen LogP contribution in [0.4, 0.5) is 11.6 Å². The maximum absolute atomic E-state index is 5.54. The van der Waals surface area contributed by atoms with Crippen molar-refractivity contribution in [2.24, 2.45) is 4.99 Å². The summed E-state index contributed by atoms with van der Waals surface area (Å²) in [5, 5.41) is 0. The first-order valence-corrected chi connectivity index (χ1v) is 3.00. The molecule has 2 N–H and O–H groups in total. The van der Waals surface area contributed by atoms with E-state index in [0.717, 1.165) is 12.0 Å². The molecule has 1 aromatic heterocycles. The number of fused-ring (bicyclic) bond motifs is 1. The summed E-state index contributed by atoms with van der Waals surface area (Å²) in [6.45, 7) is 0. The largest absolute Gasteiger partial charge is 0.383 e. The molecule has 1 aliphatic heterocycles. The van der Waals surface area contributed by atoms with Crippen molar-refractivity contribution in [3.05, 3.63) is 11.9 Å². The highest BCUT2D eigenvalue weighted by atomic mass is 15.0. The van der Waals surface area contributed by atoms with Crippen molar-refractivity contribution in [2.45, 2.75) is 6.42 Å². The Morgan fingerprint density at radius 3 is 3.10 bits per heavy atom. The summed E-state index contributed by atoms with van der Waals surface area (Å²) in [6, 6.07) is 0. The third kappa shape index (κ3) is 0.586. The van der Waals surface area contributed by atoms with E-state index in [1.54, 1.807) is 6.21 Å². The van der Waals surface area contributed by atoms with Gasteiger partial charge in [0.1, 0.15) is 12.1 Å². The summed E-state index contributed by atoms with van der Waals surface area (Å²) in [6.07, 6.45) is 3.98. The fourth-order valence-electron chi connectivity index (χ4n) is 0.947. The van der Waals surface area contributed by atoms with E-state index < -0.39 is 0 Å². The van der Waals surface area contributed by atoms with Gasteiger partial charge in [0, 0.05) is 18.2 Å². The van der Waals surface area contributed by atoms with Crippen molar-refractivity contribution in [2.75, 3.05) is 5.73 Å². The molecule has 0 aromatic carbocycles. The molecule has 0 spiro atoms. The highest BCUT2D eigenvalue weighted by Gasteiger charge is 2.10. The number of aliphatic imine (C=N–C) groups is 1. The smallest absolute Gasteiger partial charge is 0.160 e. The zero-order valence-corrected chi connectivity index (χ0v) is 5.28. The molecular weight excluding hydrogens is 128 g/mol. The van der Waals surface area contributed by atoms with Gasteiger partial charge in [-0.3, -0.25) is 0 Å². The molecule has 10 heavy (non-hydrogen) atoms. The average Bonchev–Trinajstić information content (AvgIpc) is 2.36. The third-order valence-electron chi connectivity index (χ3n) is 1.46. The van der Waals surface area contributed by atoms with Gasteiger partial charge in [0.2, 0.25) is 0 Å². The zero-order valence-electron chi connectivity index (χ0n) is 5.28. The second-order valence-corrected chi connectivity index (χ2v) is 2.08. The quantitative estimate of drug-likeness (QED) is 0.555. The summed E-state index contributed by atoms with van der Waals surface area (Å²) in [5.41, 5.74) is 6.49. The number of nitrogens with two attached hydrogens (primary N) is 1. The van der Waals surface area contributed by atoms with E-state index in [0.29, 0.717) is 11.6 Å². The fourth-order valence-corrected chi connectivity index (χ4v) is 0.947. The van der Waals surface area contributed by atoms with Crippen LogP contribution in [-0.4, -0.2) is 16.2 Å². The van der Waals surface area contributed by atoms with Gasteiger partial charge in [0.05, 0.1) is 0 Å². The van der Waals surface area contributed by atoms with Crippen LogP contribution in [0.25, 0.3) is 0 Å². The van der Waals surface area contributed by atoms with E-state index in [9.17, 15) is 0 Å². The number of rotatable bonds is 0. The van der Waals surface area contributed by atoms with E-state index >= 15 is 0 Å². The number of nitrogen functional groups attached to an aromatic ring is 1. The lowest BCUT2D eigenvalue weighted by Gasteiger charge is -1.96. The first-order valence-electron chi connectivity index (χ1n) is 3.00. The summed E-state index contributed by atoms with van der Waals surface area (Å²) >= 11 is 0. The monoisotopic (exact) mass is 134 g/mol. The summed E-state index contributed by atoms with van der Waals surface area (Å²) in [7, 11) is 0. The minimum absolute atomic E-state index is 0.544. The Balaban J connectivity index is 2.66. The maximum atomic E-state index is 5.54. The zero-order chi connectivity index (χ0) is 6.97. The van der Waals surface area contributed by atoms with Gasteiger partial charge in [-0.05, 0) is 0 Å². The van der Waals surface area contributed by atoms with E-state index in [2.05, 4.69) is 15.0 Å². The number of anilines is 1. The number of aromatic nitrogens is 2. The van der Waals surface area contributed by atoms with Gasteiger partial charge in [-0.1, -0.05) is 0 Å². The maximum Gasteiger partial charge on any atom is 0.160 e. The lowest BCUT2D eigenvalue weighted by molar-refractivity contribution is 1.13. The molecular formula is C6H6N4. The molecule has 0 aliphatic carbocycles. The average molecular weight is 134 g/mol. The number of hydrogen-bond acceptors (Lipinski definition) is 4. The van der Waals surface area contributed by atoms with Crippen LogP contribution < -0.4 is 5.73 Å². The fraction of sp³-hybridized carbons (Fsp3) is 0.167. The minimum Gasteiger partial charge on any atom is -0.383 e. The van der Waals surface area contributed by atoms with Crippen LogP contribution in [0.1, 0.15) is 5.56 Å². The lowest BCUT2D eigenvalue weighted by Crippen LogP contribution is -1.96. The Kier molecular flexibility index (Phi) is 0.943. The Bertz CT molecular complexity index is 292. The van der Waals surface area contributed by atoms with E-state index in [1.807, 2.05) is 0 Å². The first-order chi connectivity index (χ1) is 4.88. The molecule has 2 rings (SSSR count). The van der Waals surface area contributed by atoms with Crippen molar-refractivity contribution in [1.29, 1.82) is 0 Å². The van der Waals surface area contributed by atoms with Crippen LogP contribution >= 0.6 is 0 Å². The summed E-state index contributed by atoms with van der Waals surface area (Å²) in [4.78, 5) is 11.8. The molecule has 1 aromatic rings. The molecule has 0 fully saturated rings. The van der Waals surface area contributed by atoms with Crippen LogP contribution in [0.15, 0.2) is 11.3 Å². The van der Waals surface area contributed by atoms with Crippen LogP contribution in [0.3, 0.4) is 0 Å². The molecule has 4 heteroatoms.